The number of aryl methyl sites for hydroxylation is 1. The SMILES string of the molecule is CC(=O)c1ccc(OCC(=O)Nc2ccc(OCCN3CCN(C(C)=O)CC3)c(-c3ccnn3C)c2)cc1. The van der Waals surface area contributed by atoms with Crippen LogP contribution >= 0.6 is 0 Å². The maximum atomic E-state index is 12.6. The molecule has 0 saturated carbocycles. The van der Waals surface area contributed by atoms with Crippen molar-refractivity contribution in [2.75, 3.05) is 51.3 Å². The van der Waals surface area contributed by atoms with Crippen LogP contribution in [0.4, 0.5) is 5.69 Å². The van der Waals surface area contributed by atoms with Crippen LogP contribution in [-0.2, 0) is 16.6 Å². The number of hydrogen-bond acceptors (Lipinski definition) is 7. The Morgan fingerprint density at radius 1 is 0.947 bits per heavy atom. The molecular weight excluding hydrogens is 486 g/mol. The highest BCUT2D eigenvalue weighted by molar-refractivity contribution is 5.94. The first kappa shape index (κ1) is 26.9. The fraction of sp³-hybridized carbons (Fsp3) is 0.357. The lowest BCUT2D eigenvalue weighted by atomic mass is 10.1. The molecule has 0 bridgehead atoms. The van der Waals surface area contributed by atoms with Gasteiger partial charge in [-0.25, -0.2) is 0 Å². The smallest absolute Gasteiger partial charge is 0.262 e. The number of carbonyl (C=O) groups excluding carboxylic acids is 3. The molecule has 3 aromatic rings. The van der Waals surface area contributed by atoms with Crippen molar-refractivity contribution in [3.63, 3.8) is 0 Å². The van der Waals surface area contributed by atoms with Gasteiger partial charge in [0.05, 0.1) is 5.69 Å². The number of carbonyl (C=O) groups is 3. The van der Waals surface area contributed by atoms with Gasteiger partial charge in [0.25, 0.3) is 5.91 Å². The largest absolute Gasteiger partial charge is 0.492 e. The maximum absolute atomic E-state index is 12.6. The Morgan fingerprint density at radius 3 is 2.32 bits per heavy atom. The number of ketones is 1. The summed E-state index contributed by atoms with van der Waals surface area (Å²) >= 11 is 0. The van der Waals surface area contributed by atoms with Crippen LogP contribution < -0.4 is 14.8 Å². The molecule has 38 heavy (non-hydrogen) atoms. The number of amides is 2. The van der Waals surface area contributed by atoms with Crippen LogP contribution in [0.3, 0.4) is 0 Å². The number of ether oxygens (including phenoxy) is 2. The Bertz CT molecular complexity index is 1280. The highest BCUT2D eigenvalue weighted by Crippen LogP contribution is 2.32. The number of Topliss-reactive ketones (excluding diaryl/α,β-unsaturated/α-hetero) is 1. The molecule has 1 aliphatic rings. The standard InChI is InChI=1S/C28H33N5O5/c1-20(34)22-4-7-24(8-5-22)38-19-28(36)30-23-6-9-27(25(18-23)26-10-11-29-31(26)3)37-17-16-32-12-14-33(15-13-32)21(2)35/h4-11,18H,12-17,19H2,1-3H3,(H,30,36). The highest BCUT2D eigenvalue weighted by Gasteiger charge is 2.19. The van der Waals surface area contributed by atoms with Crippen molar-refractivity contribution in [3.8, 4) is 22.8 Å². The third kappa shape index (κ3) is 6.98. The van der Waals surface area contributed by atoms with Crippen molar-refractivity contribution < 1.29 is 23.9 Å². The number of nitrogens with one attached hydrogen (secondary N) is 1. The Hall–Kier alpha value is -4.18. The van der Waals surface area contributed by atoms with Crippen LogP contribution in [0.1, 0.15) is 24.2 Å². The predicted molar refractivity (Wildman–Crippen MR) is 143 cm³/mol. The Balaban J connectivity index is 1.36. The van der Waals surface area contributed by atoms with Crippen molar-refractivity contribution >= 4 is 23.3 Å². The number of nitrogens with zero attached hydrogens (tertiary/aromatic N) is 4. The minimum absolute atomic E-state index is 0.0292. The van der Waals surface area contributed by atoms with Crippen molar-refractivity contribution in [1.29, 1.82) is 0 Å². The molecule has 4 rings (SSSR count). The van der Waals surface area contributed by atoms with E-state index in [2.05, 4.69) is 15.3 Å². The summed E-state index contributed by atoms with van der Waals surface area (Å²) in [5.41, 5.74) is 2.86. The molecule has 0 spiro atoms. The molecular formula is C28H33N5O5. The van der Waals surface area contributed by atoms with E-state index in [0.717, 1.165) is 44.0 Å². The number of hydrogen-bond donors (Lipinski definition) is 1. The van der Waals surface area contributed by atoms with Gasteiger partial charge in [-0.2, -0.15) is 5.10 Å². The first-order valence-electron chi connectivity index (χ1n) is 12.6. The lowest BCUT2D eigenvalue weighted by Crippen LogP contribution is -2.48. The molecule has 10 heteroatoms. The molecule has 0 atom stereocenters. The van der Waals surface area contributed by atoms with Crippen molar-refractivity contribution in [3.05, 3.63) is 60.3 Å². The second kappa shape index (κ2) is 12.4. The van der Waals surface area contributed by atoms with Gasteiger partial charge < -0.3 is 19.7 Å². The highest BCUT2D eigenvalue weighted by atomic mass is 16.5. The fourth-order valence-electron chi connectivity index (χ4n) is 4.27. The molecule has 2 heterocycles. The number of benzene rings is 2. The van der Waals surface area contributed by atoms with Gasteiger partial charge in [-0.3, -0.25) is 24.0 Å². The Morgan fingerprint density at radius 2 is 1.68 bits per heavy atom. The quantitative estimate of drug-likeness (QED) is 0.411. The molecule has 200 valence electrons. The molecule has 0 radical (unpaired) electrons. The zero-order valence-corrected chi connectivity index (χ0v) is 22.0. The van der Waals surface area contributed by atoms with E-state index in [9.17, 15) is 14.4 Å². The predicted octanol–water partition coefficient (Wildman–Crippen LogP) is 2.85. The summed E-state index contributed by atoms with van der Waals surface area (Å²) in [4.78, 5) is 39.7. The number of rotatable bonds is 10. The first-order chi connectivity index (χ1) is 18.3. The molecule has 1 N–H and O–H groups in total. The van der Waals surface area contributed by atoms with Crippen molar-refractivity contribution in [2.24, 2.45) is 7.05 Å². The normalized spacial score (nSPS) is 13.7. The topological polar surface area (TPSA) is 106 Å². The summed E-state index contributed by atoms with van der Waals surface area (Å²) in [6.45, 7) is 7.29. The number of aromatic nitrogens is 2. The summed E-state index contributed by atoms with van der Waals surface area (Å²) in [6, 6.07) is 14.0. The third-order valence-corrected chi connectivity index (χ3v) is 6.47. The van der Waals surface area contributed by atoms with Gasteiger partial charge in [-0.1, -0.05) is 0 Å². The molecule has 10 nitrogen and oxygen atoms in total. The van der Waals surface area contributed by atoms with E-state index in [1.165, 1.54) is 6.92 Å². The molecule has 0 unspecified atom stereocenters. The van der Waals surface area contributed by atoms with Gasteiger partial charge >= 0.3 is 0 Å². The van der Waals surface area contributed by atoms with Gasteiger partial charge in [0, 0.05) is 69.7 Å². The molecule has 1 fully saturated rings. The fourth-order valence-corrected chi connectivity index (χ4v) is 4.27. The van der Waals surface area contributed by atoms with Crippen LogP contribution in [0, 0.1) is 0 Å². The molecule has 2 amide bonds. The van der Waals surface area contributed by atoms with Crippen LogP contribution in [0.5, 0.6) is 11.5 Å². The maximum Gasteiger partial charge on any atom is 0.262 e. The third-order valence-electron chi connectivity index (χ3n) is 6.47. The van der Waals surface area contributed by atoms with E-state index in [1.54, 1.807) is 48.1 Å². The number of piperazine rings is 1. The lowest BCUT2D eigenvalue weighted by Gasteiger charge is -2.34. The average Bonchev–Trinajstić information content (AvgIpc) is 3.34. The van der Waals surface area contributed by atoms with Crippen molar-refractivity contribution in [2.45, 2.75) is 13.8 Å². The molecule has 1 aliphatic heterocycles. The summed E-state index contributed by atoms with van der Waals surface area (Å²) in [5.74, 6) is 0.972. The van der Waals surface area contributed by atoms with E-state index in [4.69, 9.17) is 9.47 Å². The average molecular weight is 520 g/mol. The van der Waals surface area contributed by atoms with Gasteiger partial charge in [0.1, 0.15) is 18.1 Å². The van der Waals surface area contributed by atoms with E-state index in [1.807, 2.05) is 30.1 Å². The monoisotopic (exact) mass is 519 g/mol. The molecule has 1 saturated heterocycles. The van der Waals surface area contributed by atoms with Gasteiger partial charge in [-0.15, -0.1) is 0 Å². The van der Waals surface area contributed by atoms with E-state index < -0.39 is 0 Å². The second-order valence-electron chi connectivity index (χ2n) is 9.16. The van der Waals surface area contributed by atoms with Crippen LogP contribution in [0.25, 0.3) is 11.3 Å². The van der Waals surface area contributed by atoms with E-state index in [0.29, 0.717) is 29.4 Å². The van der Waals surface area contributed by atoms with Gasteiger partial charge in [0.2, 0.25) is 5.91 Å². The zero-order valence-electron chi connectivity index (χ0n) is 22.0. The minimum Gasteiger partial charge on any atom is -0.492 e. The summed E-state index contributed by atoms with van der Waals surface area (Å²) in [6.07, 6.45) is 1.71. The van der Waals surface area contributed by atoms with Gasteiger partial charge in [-0.05, 0) is 55.5 Å². The van der Waals surface area contributed by atoms with E-state index in [-0.39, 0.29) is 24.2 Å². The van der Waals surface area contributed by atoms with Crippen LogP contribution in [0.15, 0.2) is 54.7 Å². The summed E-state index contributed by atoms with van der Waals surface area (Å²) < 4.78 is 13.5. The summed E-state index contributed by atoms with van der Waals surface area (Å²) in [7, 11) is 1.85. The zero-order chi connectivity index (χ0) is 27.1. The van der Waals surface area contributed by atoms with E-state index >= 15 is 0 Å². The Kier molecular flexibility index (Phi) is 8.75. The van der Waals surface area contributed by atoms with Crippen LogP contribution in [0.2, 0.25) is 0 Å². The molecule has 2 aromatic carbocycles. The molecule has 1 aromatic heterocycles. The second-order valence-corrected chi connectivity index (χ2v) is 9.16. The van der Waals surface area contributed by atoms with Gasteiger partial charge in [0.15, 0.2) is 12.4 Å². The lowest BCUT2D eigenvalue weighted by molar-refractivity contribution is -0.130. The molecule has 0 aliphatic carbocycles. The number of anilines is 1. The van der Waals surface area contributed by atoms with Crippen LogP contribution in [-0.4, -0.2) is 83.1 Å². The summed E-state index contributed by atoms with van der Waals surface area (Å²) in [5, 5.41) is 7.14. The van der Waals surface area contributed by atoms with Crippen molar-refractivity contribution in [1.82, 2.24) is 19.6 Å². The Labute approximate surface area is 222 Å². The minimum atomic E-state index is -0.310. The first-order valence-corrected chi connectivity index (χ1v) is 12.6.